The standard InChI is InChI=1S/C11H22N4O/c1-5-6-7-15-9(13-14-10(15)16)8(12)11(2,3)4/h8H,5-7,12H2,1-4H3,(H,14,16)/t8-/m1/s1. The second-order valence-electron chi connectivity index (χ2n) is 5.24. The molecule has 0 saturated carbocycles. The first kappa shape index (κ1) is 13.0. The van der Waals surface area contributed by atoms with E-state index in [-0.39, 0.29) is 17.1 Å². The van der Waals surface area contributed by atoms with Crippen LogP contribution in [0.5, 0.6) is 0 Å². The van der Waals surface area contributed by atoms with Crippen LogP contribution in [0.1, 0.15) is 52.4 Å². The molecule has 16 heavy (non-hydrogen) atoms. The second-order valence-corrected chi connectivity index (χ2v) is 5.24. The van der Waals surface area contributed by atoms with E-state index in [0.717, 1.165) is 12.8 Å². The van der Waals surface area contributed by atoms with Crippen LogP contribution in [0.25, 0.3) is 0 Å². The minimum Gasteiger partial charge on any atom is -0.321 e. The maximum atomic E-state index is 11.6. The van der Waals surface area contributed by atoms with Gasteiger partial charge in [-0.1, -0.05) is 34.1 Å². The molecule has 0 fully saturated rings. The molecule has 1 rings (SSSR count). The Morgan fingerprint density at radius 2 is 2.12 bits per heavy atom. The van der Waals surface area contributed by atoms with Crippen LogP contribution in [0.2, 0.25) is 0 Å². The zero-order valence-electron chi connectivity index (χ0n) is 10.6. The molecule has 5 nitrogen and oxygen atoms in total. The molecule has 0 radical (unpaired) electrons. The number of hydrogen-bond acceptors (Lipinski definition) is 3. The second kappa shape index (κ2) is 4.82. The summed E-state index contributed by atoms with van der Waals surface area (Å²) in [5.74, 6) is 0.658. The van der Waals surface area contributed by atoms with Gasteiger partial charge < -0.3 is 5.73 Å². The monoisotopic (exact) mass is 226 g/mol. The molecule has 1 atom stereocenters. The number of unbranched alkanes of at least 4 members (excludes halogenated alkanes) is 1. The highest BCUT2D eigenvalue weighted by Gasteiger charge is 2.27. The average molecular weight is 226 g/mol. The summed E-state index contributed by atoms with van der Waals surface area (Å²) in [6, 6.07) is -0.233. The van der Waals surface area contributed by atoms with Crippen molar-refractivity contribution in [1.29, 1.82) is 0 Å². The summed E-state index contributed by atoms with van der Waals surface area (Å²) >= 11 is 0. The summed E-state index contributed by atoms with van der Waals surface area (Å²) in [7, 11) is 0. The lowest BCUT2D eigenvalue weighted by Crippen LogP contribution is -2.31. The van der Waals surface area contributed by atoms with E-state index >= 15 is 0 Å². The van der Waals surface area contributed by atoms with Crippen LogP contribution < -0.4 is 11.4 Å². The van der Waals surface area contributed by atoms with Crippen LogP contribution in [0.15, 0.2) is 4.79 Å². The lowest BCUT2D eigenvalue weighted by Gasteiger charge is -2.26. The quantitative estimate of drug-likeness (QED) is 0.815. The fraction of sp³-hybridized carbons (Fsp3) is 0.818. The summed E-state index contributed by atoms with van der Waals surface area (Å²) in [5, 5.41) is 6.51. The molecule has 5 heteroatoms. The normalized spacial score (nSPS) is 14.1. The molecule has 0 saturated heterocycles. The van der Waals surface area contributed by atoms with E-state index in [1.807, 2.05) is 20.8 Å². The molecular weight excluding hydrogens is 204 g/mol. The predicted octanol–water partition coefficient (Wildman–Crippen LogP) is 1.42. The fourth-order valence-corrected chi connectivity index (χ4v) is 1.49. The SMILES string of the molecule is CCCCn1c([C@@H](N)C(C)(C)C)n[nH]c1=O. The van der Waals surface area contributed by atoms with Gasteiger partial charge in [0.05, 0.1) is 6.04 Å². The van der Waals surface area contributed by atoms with Crippen LogP contribution in [0.3, 0.4) is 0 Å². The predicted molar refractivity (Wildman–Crippen MR) is 64.1 cm³/mol. The van der Waals surface area contributed by atoms with E-state index in [9.17, 15) is 4.79 Å². The van der Waals surface area contributed by atoms with E-state index in [1.165, 1.54) is 0 Å². The number of nitrogens with zero attached hydrogens (tertiary/aromatic N) is 2. The summed E-state index contributed by atoms with van der Waals surface area (Å²) < 4.78 is 1.65. The van der Waals surface area contributed by atoms with Gasteiger partial charge in [0, 0.05) is 6.54 Å². The molecule has 0 aliphatic rings. The zero-order chi connectivity index (χ0) is 12.3. The number of rotatable bonds is 4. The highest BCUT2D eigenvalue weighted by Crippen LogP contribution is 2.28. The van der Waals surface area contributed by atoms with Crippen molar-refractivity contribution in [3.05, 3.63) is 16.3 Å². The average Bonchev–Trinajstić information content (AvgIpc) is 2.54. The molecule has 1 heterocycles. The first-order chi connectivity index (χ1) is 7.38. The molecule has 0 aromatic carbocycles. The van der Waals surface area contributed by atoms with Crippen molar-refractivity contribution in [3.63, 3.8) is 0 Å². The Morgan fingerprint density at radius 1 is 1.50 bits per heavy atom. The Labute approximate surface area is 96.0 Å². The third-order valence-electron chi connectivity index (χ3n) is 2.73. The molecule has 1 aromatic heterocycles. The van der Waals surface area contributed by atoms with E-state index in [0.29, 0.717) is 12.4 Å². The molecule has 0 amide bonds. The van der Waals surface area contributed by atoms with Gasteiger partial charge in [-0.05, 0) is 11.8 Å². The van der Waals surface area contributed by atoms with Crippen LogP contribution in [0.4, 0.5) is 0 Å². The number of hydrogen-bond donors (Lipinski definition) is 2. The Kier molecular flexibility index (Phi) is 3.91. The van der Waals surface area contributed by atoms with Crippen molar-refractivity contribution < 1.29 is 0 Å². The number of H-pyrrole nitrogens is 1. The van der Waals surface area contributed by atoms with Crippen molar-refractivity contribution in [3.8, 4) is 0 Å². The summed E-state index contributed by atoms with van der Waals surface area (Å²) in [6.45, 7) is 8.91. The van der Waals surface area contributed by atoms with Crippen LogP contribution >= 0.6 is 0 Å². The van der Waals surface area contributed by atoms with Crippen molar-refractivity contribution in [2.45, 2.75) is 53.1 Å². The topological polar surface area (TPSA) is 76.7 Å². The van der Waals surface area contributed by atoms with Gasteiger partial charge in [-0.2, -0.15) is 5.10 Å². The highest BCUT2D eigenvalue weighted by molar-refractivity contribution is 4.99. The molecule has 0 unspecified atom stereocenters. The number of aromatic amines is 1. The van der Waals surface area contributed by atoms with Crippen molar-refractivity contribution in [2.24, 2.45) is 11.1 Å². The van der Waals surface area contributed by atoms with Crippen LogP contribution in [-0.2, 0) is 6.54 Å². The van der Waals surface area contributed by atoms with Gasteiger partial charge in [0.25, 0.3) is 0 Å². The highest BCUT2D eigenvalue weighted by atomic mass is 16.1. The van der Waals surface area contributed by atoms with Gasteiger partial charge in [-0.25, -0.2) is 9.89 Å². The minimum absolute atomic E-state index is 0.102. The minimum atomic E-state index is -0.233. The smallest absolute Gasteiger partial charge is 0.321 e. The van der Waals surface area contributed by atoms with E-state index in [4.69, 9.17) is 5.73 Å². The molecule has 0 bridgehead atoms. The van der Waals surface area contributed by atoms with Gasteiger partial charge in [0.2, 0.25) is 0 Å². The third-order valence-corrected chi connectivity index (χ3v) is 2.73. The molecule has 3 N–H and O–H groups in total. The lowest BCUT2D eigenvalue weighted by atomic mass is 9.87. The van der Waals surface area contributed by atoms with Crippen molar-refractivity contribution >= 4 is 0 Å². The maximum absolute atomic E-state index is 11.6. The van der Waals surface area contributed by atoms with E-state index in [1.54, 1.807) is 4.57 Å². The number of aromatic nitrogens is 3. The van der Waals surface area contributed by atoms with Crippen LogP contribution in [0, 0.1) is 5.41 Å². The van der Waals surface area contributed by atoms with Crippen molar-refractivity contribution in [1.82, 2.24) is 14.8 Å². The first-order valence-corrected chi connectivity index (χ1v) is 5.78. The Morgan fingerprint density at radius 3 is 2.62 bits per heavy atom. The van der Waals surface area contributed by atoms with Gasteiger partial charge in [0.1, 0.15) is 0 Å². The molecular formula is C11H22N4O. The Bertz CT molecular complexity index is 385. The summed E-state index contributed by atoms with van der Waals surface area (Å²) in [6.07, 6.45) is 2.01. The van der Waals surface area contributed by atoms with Gasteiger partial charge in [-0.3, -0.25) is 4.57 Å². The summed E-state index contributed by atoms with van der Waals surface area (Å²) in [5.41, 5.74) is 5.85. The zero-order valence-corrected chi connectivity index (χ0v) is 10.6. The van der Waals surface area contributed by atoms with Crippen molar-refractivity contribution in [2.75, 3.05) is 0 Å². The van der Waals surface area contributed by atoms with Gasteiger partial charge >= 0.3 is 5.69 Å². The maximum Gasteiger partial charge on any atom is 0.343 e. The fourth-order valence-electron chi connectivity index (χ4n) is 1.49. The third kappa shape index (κ3) is 2.72. The lowest BCUT2D eigenvalue weighted by molar-refractivity contribution is 0.305. The summed E-state index contributed by atoms with van der Waals surface area (Å²) in [4.78, 5) is 11.6. The molecule has 0 aliphatic heterocycles. The number of nitrogens with two attached hydrogens (primary N) is 1. The van der Waals surface area contributed by atoms with E-state index in [2.05, 4.69) is 17.1 Å². The Balaban J connectivity index is 3.00. The van der Waals surface area contributed by atoms with Gasteiger partial charge in [0.15, 0.2) is 5.82 Å². The molecule has 1 aromatic rings. The van der Waals surface area contributed by atoms with Gasteiger partial charge in [-0.15, -0.1) is 0 Å². The van der Waals surface area contributed by atoms with E-state index < -0.39 is 0 Å². The largest absolute Gasteiger partial charge is 0.343 e. The van der Waals surface area contributed by atoms with Crippen LogP contribution in [-0.4, -0.2) is 14.8 Å². The molecule has 92 valence electrons. The number of nitrogens with one attached hydrogen (secondary N) is 1. The Hall–Kier alpha value is -1.10. The molecule has 0 aliphatic carbocycles. The molecule has 0 spiro atoms. The first-order valence-electron chi connectivity index (χ1n) is 5.78.